The molecule has 0 saturated heterocycles. The van der Waals surface area contributed by atoms with Crippen LogP contribution in [0.15, 0.2) is 43.2 Å². The molecule has 3 heteroatoms. The maximum absolute atomic E-state index is 3.96. The number of aromatic nitrogens is 3. The first-order valence-corrected chi connectivity index (χ1v) is 3.80. The molecule has 0 aromatic carbocycles. The van der Waals surface area contributed by atoms with Gasteiger partial charge in [-0.25, -0.2) is 9.13 Å². The van der Waals surface area contributed by atoms with Crippen molar-refractivity contribution in [1.29, 1.82) is 0 Å². The maximum atomic E-state index is 3.96. The molecule has 60 valence electrons. The van der Waals surface area contributed by atoms with Crippen molar-refractivity contribution in [2.45, 2.75) is 0 Å². The van der Waals surface area contributed by atoms with Gasteiger partial charge in [-0.3, -0.25) is 4.98 Å². The van der Waals surface area contributed by atoms with E-state index in [9.17, 15) is 0 Å². The van der Waals surface area contributed by atoms with Crippen LogP contribution in [0.4, 0.5) is 0 Å². The van der Waals surface area contributed by atoms with Gasteiger partial charge < -0.3 is 0 Å². The highest BCUT2D eigenvalue weighted by Crippen LogP contribution is 2.02. The van der Waals surface area contributed by atoms with Crippen LogP contribution >= 0.6 is 0 Å². The van der Waals surface area contributed by atoms with Gasteiger partial charge in [0.25, 0.3) is 0 Å². The molecule has 0 radical (unpaired) electrons. The van der Waals surface area contributed by atoms with Crippen LogP contribution in [0.3, 0.4) is 0 Å². The van der Waals surface area contributed by atoms with Gasteiger partial charge in [-0.2, -0.15) is 0 Å². The molecule has 0 fully saturated rings. The van der Waals surface area contributed by atoms with E-state index in [2.05, 4.69) is 4.98 Å². The minimum absolute atomic E-state index is 1.13. The highest BCUT2D eigenvalue weighted by atomic mass is 15.1. The number of imidazole rings is 1. The lowest BCUT2D eigenvalue weighted by Gasteiger charge is -1.91. The Hall–Kier alpha value is -1.64. The standard InChI is InChI=1S/C9H10N3/c1-11-6-7-12(8-11)9-2-4-10-5-3-9/h2-8H,1H3/q+1. The van der Waals surface area contributed by atoms with Crippen LogP contribution in [0.5, 0.6) is 0 Å². The monoisotopic (exact) mass is 160 g/mol. The largest absolute Gasteiger partial charge is 0.264 e. The summed E-state index contributed by atoms with van der Waals surface area (Å²) >= 11 is 0. The van der Waals surface area contributed by atoms with E-state index in [1.807, 2.05) is 47.0 Å². The Morgan fingerprint density at radius 2 is 2.08 bits per heavy atom. The second-order valence-electron chi connectivity index (χ2n) is 2.69. The predicted molar refractivity (Wildman–Crippen MR) is 44.7 cm³/mol. The van der Waals surface area contributed by atoms with Crippen molar-refractivity contribution >= 4 is 0 Å². The number of hydrogen-bond acceptors (Lipinski definition) is 1. The van der Waals surface area contributed by atoms with Crippen molar-refractivity contribution in [3.8, 4) is 5.69 Å². The molecule has 0 bridgehead atoms. The third kappa shape index (κ3) is 1.21. The number of nitrogens with zero attached hydrogens (tertiary/aromatic N) is 3. The van der Waals surface area contributed by atoms with E-state index >= 15 is 0 Å². The van der Waals surface area contributed by atoms with Gasteiger partial charge in [0.05, 0.1) is 7.05 Å². The Balaban J connectivity index is 2.45. The van der Waals surface area contributed by atoms with Gasteiger partial charge in [0.15, 0.2) is 0 Å². The first kappa shape index (κ1) is 7.03. The lowest BCUT2D eigenvalue weighted by molar-refractivity contribution is -0.670. The Kier molecular flexibility index (Phi) is 1.63. The highest BCUT2D eigenvalue weighted by Gasteiger charge is 2.01. The molecule has 0 atom stereocenters. The SMILES string of the molecule is C[n+]1ccn(-c2ccncc2)c1. The lowest BCUT2D eigenvalue weighted by Crippen LogP contribution is -2.23. The van der Waals surface area contributed by atoms with Crippen molar-refractivity contribution in [3.05, 3.63) is 43.2 Å². The zero-order valence-corrected chi connectivity index (χ0v) is 6.88. The summed E-state index contributed by atoms with van der Waals surface area (Å²) in [6, 6.07) is 3.94. The first-order valence-electron chi connectivity index (χ1n) is 3.80. The van der Waals surface area contributed by atoms with Crippen molar-refractivity contribution in [2.24, 2.45) is 7.05 Å². The predicted octanol–water partition coefficient (Wildman–Crippen LogP) is 0.697. The molecule has 2 aromatic heterocycles. The zero-order valence-electron chi connectivity index (χ0n) is 6.88. The molecule has 0 aliphatic carbocycles. The summed E-state index contributed by atoms with van der Waals surface area (Å²) in [6.45, 7) is 0. The minimum Gasteiger partial charge on any atom is -0.264 e. The van der Waals surface area contributed by atoms with Gasteiger partial charge in [0, 0.05) is 24.5 Å². The van der Waals surface area contributed by atoms with Gasteiger partial charge >= 0.3 is 0 Å². The van der Waals surface area contributed by atoms with Crippen LogP contribution in [-0.2, 0) is 7.05 Å². The molecule has 0 spiro atoms. The smallest absolute Gasteiger partial charge is 0.248 e. The van der Waals surface area contributed by atoms with Gasteiger partial charge in [-0.15, -0.1) is 0 Å². The van der Waals surface area contributed by atoms with E-state index < -0.39 is 0 Å². The van der Waals surface area contributed by atoms with Crippen LogP contribution in [-0.4, -0.2) is 9.55 Å². The van der Waals surface area contributed by atoms with Gasteiger partial charge in [-0.05, 0) is 0 Å². The second kappa shape index (κ2) is 2.77. The van der Waals surface area contributed by atoms with Crippen molar-refractivity contribution in [1.82, 2.24) is 9.55 Å². The van der Waals surface area contributed by atoms with Crippen molar-refractivity contribution < 1.29 is 4.57 Å². The number of rotatable bonds is 1. The van der Waals surface area contributed by atoms with E-state index in [0.717, 1.165) is 5.69 Å². The minimum atomic E-state index is 1.13. The lowest BCUT2D eigenvalue weighted by atomic mass is 10.4. The highest BCUT2D eigenvalue weighted by molar-refractivity contribution is 5.27. The number of hydrogen-bond donors (Lipinski definition) is 0. The summed E-state index contributed by atoms with van der Waals surface area (Å²) < 4.78 is 4.04. The fourth-order valence-corrected chi connectivity index (χ4v) is 1.12. The molecule has 2 aromatic rings. The average molecular weight is 160 g/mol. The summed E-state index contributed by atoms with van der Waals surface area (Å²) in [6.07, 6.45) is 9.59. The van der Waals surface area contributed by atoms with Crippen LogP contribution in [0.1, 0.15) is 0 Å². The summed E-state index contributed by atoms with van der Waals surface area (Å²) in [5.74, 6) is 0. The summed E-state index contributed by atoms with van der Waals surface area (Å²) in [4.78, 5) is 3.96. The molecule has 0 N–H and O–H groups in total. The van der Waals surface area contributed by atoms with Gasteiger partial charge in [-0.1, -0.05) is 0 Å². The quantitative estimate of drug-likeness (QED) is 0.563. The summed E-state index contributed by atoms with van der Waals surface area (Å²) in [5, 5.41) is 0. The van der Waals surface area contributed by atoms with E-state index in [1.165, 1.54) is 0 Å². The Morgan fingerprint density at radius 3 is 2.67 bits per heavy atom. The molecule has 0 aliphatic rings. The molecule has 2 rings (SSSR count). The summed E-state index contributed by atoms with van der Waals surface area (Å²) in [7, 11) is 2.00. The molecule has 0 aliphatic heterocycles. The zero-order chi connectivity index (χ0) is 8.39. The van der Waals surface area contributed by atoms with Gasteiger partial charge in [0.1, 0.15) is 18.1 Å². The third-order valence-electron chi connectivity index (χ3n) is 1.73. The van der Waals surface area contributed by atoms with Crippen LogP contribution in [0.2, 0.25) is 0 Å². The average Bonchev–Trinajstić information content (AvgIpc) is 2.54. The topological polar surface area (TPSA) is 21.7 Å². The Morgan fingerprint density at radius 1 is 1.33 bits per heavy atom. The molecule has 2 heterocycles. The molecule has 12 heavy (non-hydrogen) atoms. The van der Waals surface area contributed by atoms with E-state index in [4.69, 9.17) is 0 Å². The number of pyridine rings is 1. The second-order valence-corrected chi connectivity index (χ2v) is 2.69. The molecule has 0 saturated carbocycles. The molecule has 0 unspecified atom stereocenters. The van der Waals surface area contributed by atoms with Crippen LogP contribution in [0.25, 0.3) is 5.69 Å². The fourth-order valence-electron chi connectivity index (χ4n) is 1.12. The molecular weight excluding hydrogens is 150 g/mol. The maximum Gasteiger partial charge on any atom is 0.248 e. The van der Waals surface area contributed by atoms with E-state index in [0.29, 0.717) is 0 Å². The molecule has 0 amide bonds. The van der Waals surface area contributed by atoms with Crippen molar-refractivity contribution in [2.75, 3.05) is 0 Å². The van der Waals surface area contributed by atoms with E-state index in [-0.39, 0.29) is 0 Å². The third-order valence-corrected chi connectivity index (χ3v) is 1.73. The van der Waals surface area contributed by atoms with E-state index in [1.54, 1.807) is 12.4 Å². The normalized spacial score (nSPS) is 10.1. The van der Waals surface area contributed by atoms with Crippen molar-refractivity contribution in [3.63, 3.8) is 0 Å². The number of aryl methyl sites for hydroxylation is 1. The molecular formula is C9H10N3+. The fraction of sp³-hybridized carbons (Fsp3) is 0.111. The first-order chi connectivity index (χ1) is 5.86. The Labute approximate surface area is 70.9 Å². The molecule has 3 nitrogen and oxygen atoms in total. The Bertz CT molecular complexity index is 364. The van der Waals surface area contributed by atoms with Crippen LogP contribution in [0, 0.1) is 0 Å². The van der Waals surface area contributed by atoms with Gasteiger partial charge in [0.2, 0.25) is 6.33 Å². The van der Waals surface area contributed by atoms with Crippen LogP contribution < -0.4 is 4.57 Å². The summed E-state index contributed by atoms with van der Waals surface area (Å²) in [5.41, 5.74) is 1.13.